The topological polar surface area (TPSA) is 12.5 Å². The molecule has 0 aromatic heterocycles. The molecule has 0 saturated carbocycles. The Morgan fingerprint density at radius 2 is 1.57 bits per heavy atom. The lowest BCUT2D eigenvalue weighted by Crippen LogP contribution is -2.45. The molecule has 0 amide bonds. The first-order chi connectivity index (χ1) is 13.8. The monoisotopic (exact) mass is 435 g/mol. The van der Waals surface area contributed by atoms with E-state index < -0.39 is 0 Å². The Morgan fingerprint density at radius 3 is 2.32 bits per heavy atom. The molecular weight excluding hydrogens is 410 g/mol. The molecule has 3 aromatic carbocycles. The number of ether oxygens (including phenoxy) is 1. The molecule has 1 heterocycles. The van der Waals surface area contributed by atoms with Crippen molar-refractivity contribution in [2.45, 2.75) is 25.0 Å². The van der Waals surface area contributed by atoms with Crippen LogP contribution in [0.5, 0.6) is 0 Å². The fraction of sp³-hybridized carbons (Fsp3) is 0.280. The predicted octanol–water partition coefficient (Wildman–Crippen LogP) is 5.68. The number of halogens is 1. The van der Waals surface area contributed by atoms with Gasteiger partial charge >= 0.3 is 0 Å². The molecule has 1 fully saturated rings. The zero-order valence-electron chi connectivity index (χ0n) is 16.0. The van der Waals surface area contributed by atoms with Gasteiger partial charge in [-0.1, -0.05) is 94.8 Å². The molecule has 3 heteroatoms. The van der Waals surface area contributed by atoms with Crippen molar-refractivity contribution in [3.8, 4) is 0 Å². The molecule has 1 aliphatic rings. The molecule has 3 aromatic rings. The maximum absolute atomic E-state index is 6.32. The van der Waals surface area contributed by atoms with Crippen LogP contribution in [0.15, 0.2) is 89.4 Å². The van der Waals surface area contributed by atoms with E-state index in [0.717, 1.165) is 32.7 Å². The number of hydrogen-bond donors (Lipinski definition) is 0. The Kier molecular flexibility index (Phi) is 6.58. The van der Waals surface area contributed by atoms with Crippen molar-refractivity contribution >= 4 is 15.9 Å². The lowest BCUT2D eigenvalue weighted by Gasteiger charge is -2.37. The summed E-state index contributed by atoms with van der Waals surface area (Å²) in [5.74, 6) is 0.332. The highest BCUT2D eigenvalue weighted by atomic mass is 79.9. The Balaban J connectivity index is 1.54. The molecule has 2 atom stereocenters. The third kappa shape index (κ3) is 4.91. The van der Waals surface area contributed by atoms with Gasteiger partial charge in [0.25, 0.3) is 0 Å². The van der Waals surface area contributed by atoms with Crippen LogP contribution < -0.4 is 0 Å². The number of benzene rings is 3. The first-order valence-electron chi connectivity index (χ1n) is 9.96. The maximum atomic E-state index is 6.32. The first-order valence-corrected chi connectivity index (χ1v) is 10.7. The van der Waals surface area contributed by atoms with Gasteiger partial charge in [0.05, 0.1) is 12.7 Å². The van der Waals surface area contributed by atoms with Crippen LogP contribution in [0.3, 0.4) is 0 Å². The Bertz CT molecular complexity index is 868. The fourth-order valence-corrected chi connectivity index (χ4v) is 4.47. The van der Waals surface area contributed by atoms with Gasteiger partial charge in [-0.15, -0.1) is 0 Å². The van der Waals surface area contributed by atoms with Crippen LogP contribution in [0.1, 0.15) is 22.6 Å². The third-order valence-corrected chi connectivity index (χ3v) is 6.27. The molecular formula is C25H26BrNO. The lowest BCUT2D eigenvalue weighted by molar-refractivity contribution is -0.0445. The van der Waals surface area contributed by atoms with Gasteiger partial charge in [0, 0.05) is 30.0 Å². The van der Waals surface area contributed by atoms with Crippen LogP contribution in [0.2, 0.25) is 0 Å². The molecule has 0 bridgehead atoms. The molecule has 0 radical (unpaired) electrons. The zero-order valence-corrected chi connectivity index (χ0v) is 17.6. The van der Waals surface area contributed by atoms with Gasteiger partial charge in [-0.3, -0.25) is 4.90 Å². The number of nitrogens with zero attached hydrogens (tertiary/aromatic N) is 1. The highest BCUT2D eigenvalue weighted by molar-refractivity contribution is 9.10. The summed E-state index contributed by atoms with van der Waals surface area (Å²) in [6.45, 7) is 3.72. The predicted molar refractivity (Wildman–Crippen MR) is 118 cm³/mol. The molecule has 144 valence electrons. The highest BCUT2D eigenvalue weighted by Crippen LogP contribution is 2.31. The van der Waals surface area contributed by atoms with Crippen LogP contribution in [0, 0.1) is 0 Å². The summed E-state index contributed by atoms with van der Waals surface area (Å²) >= 11 is 3.73. The van der Waals surface area contributed by atoms with Crippen LogP contribution in [0.25, 0.3) is 0 Å². The van der Waals surface area contributed by atoms with E-state index in [9.17, 15) is 0 Å². The van der Waals surface area contributed by atoms with Gasteiger partial charge in [-0.25, -0.2) is 0 Å². The van der Waals surface area contributed by atoms with Crippen LogP contribution in [-0.4, -0.2) is 30.7 Å². The average Bonchev–Trinajstić information content (AvgIpc) is 2.75. The molecule has 2 nitrogen and oxygen atoms in total. The van der Waals surface area contributed by atoms with E-state index in [2.05, 4.69) is 106 Å². The minimum Gasteiger partial charge on any atom is -0.375 e. The normalized spacial score (nSPS) is 18.7. The maximum Gasteiger partial charge on any atom is 0.0774 e. The van der Waals surface area contributed by atoms with Crippen LogP contribution in [0.4, 0.5) is 0 Å². The van der Waals surface area contributed by atoms with Crippen molar-refractivity contribution in [3.05, 3.63) is 106 Å². The summed E-state index contributed by atoms with van der Waals surface area (Å²) in [5.41, 5.74) is 4.05. The van der Waals surface area contributed by atoms with Gasteiger partial charge in [-0.2, -0.15) is 0 Å². The summed E-state index contributed by atoms with van der Waals surface area (Å²) < 4.78 is 7.49. The molecule has 0 N–H and O–H groups in total. The average molecular weight is 436 g/mol. The second-order valence-electron chi connectivity index (χ2n) is 7.44. The van der Waals surface area contributed by atoms with E-state index in [0.29, 0.717) is 5.92 Å². The van der Waals surface area contributed by atoms with E-state index in [1.54, 1.807) is 0 Å². The quantitative estimate of drug-likeness (QED) is 0.493. The van der Waals surface area contributed by atoms with Crippen molar-refractivity contribution in [3.63, 3.8) is 0 Å². The smallest absolute Gasteiger partial charge is 0.0774 e. The van der Waals surface area contributed by atoms with E-state index in [1.165, 1.54) is 21.2 Å². The largest absolute Gasteiger partial charge is 0.375 e. The summed E-state index contributed by atoms with van der Waals surface area (Å²) in [5, 5.41) is 0. The minimum atomic E-state index is 0.187. The van der Waals surface area contributed by atoms with Crippen LogP contribution >= 0.6 is 15.9 Å². The van der Waals surface area contributed by atoms with Crippen LogP contribution in [-0.2, 0) is 17.7 Å². The molecule has 28 heavy (non-hydrogen) atoms. The second kappa shape index (κ2) is 9.51. The Hall–Kier alpha value is -1.94. The zero-order chi connectivity index (χ0) is 19.2. The van der Waals surface area contributed by atoms with Crippen molar-refractivity contribution in [2.24, 2.45) is 0 Å². The van der Waals surface area contributed by atoms with Gasteiger partial charge in [0.2, 0.25) is 0 Å². The summed E-state index contributed by atoms with van der Waals surface area (Å²) in [7, 11) is 0. The molecule has 0 spiro atoms. The number of morpholine rings is 1. The summed E-state index contributed by atoms with van der Waals surface area (Å²) in [4.78, 5) is 2.53. The molecule has 1 aliphatic heterocycles. The third-order valence-electron chi connectivity index (χ3n) is 5.50. The van der Waals surface area contributed by atoms with Gasteiger partial charge in [0.1, 0.15) is 0 Å². The van der Waals surface area contributed by atoms with Crippen molar-refractivity contribution in [1.29, 1.82) is 0 Å². The van der Waals surface area contributed by atoms with Crippen molar-refractivity contribution in [2.75, 3.05) is 19.7 Å². The van der Waals surface area contributed by atoms with Gasteiger partial charge in [0.15, 0.2) is 0 Å². The fourth-order valence-electron chi connectivity index (χ4n) is 4.03. The van der Waals surface area contributed by atoms with E-state index in [4.69, 9.17) is 4.74 Å². The van der Waals surface area contributed by atoms with Gasteiger partial charge < -0.3 is 4.74 Å². The van der Waals surface area contributed by atoms with E-state index in [1.807, 2.05) is 0 Å². The first kappa shape index (κ1) is 19.4. The number of rotatable bonds is 6. The second-order valence-corrected chi connectivity index (χ2v) is 8.30. The Labute approximate surface area is 176 Å². The minimum absolute atomic E-state index is 0.187. The van der Waals surface area contributed by atoms with Gasteiger partial charge in [-0.05, 0) is 29.2 Å². The van der Waals surface area contributed by atoms with E-state index >= 15 is 0 Å². The van der Waals surface area contributed by atoms with Crippen molar-refractivity contribution in [1.82, 2.24) is 4.90 Å². The van der Waals surface area contributed by atoms with E-state index in [-0.39, 0.29) is 6.10 Å². The SMILES string of the molecule is Brc1ccccc1CC(c1ccccc1)[C@@H]1CN(Cc2ccccc2)CCO1. The standard InChI is InChI=1S/C25H26BrNO/c26-24-14-8-7-13-22(24)17-23(21-11-5-2-6-12-21)25-19-27(15-16-28-25)18-20-9-3-1-4-10-20/h1-14,23,25H,15-19H2/t23?,25-/m0/s1. The summed E-state index contributed by atoms with van der Waals surface area (Å²) in [6, 6.07) is 30.1. The molecule has 4 rings (SSSR count). The molecule has 0 aliphatic carbocycles. The summed E-state index contributed by atoms with van der Waals surface area (Å²) in [6.07, 6.45) is 1.15. The highest BCUT2D eigenvalue weighted by Gasteiger charge is 2.30. The van der Waals surface area contributed by atoms with Crippen molar-refractivity contribution < 1.29 is 4.74 Å². The number of hydrogen-bond acceptors (Lipinski definition) is 2. The molecule has 1 saturated heterocycles. The molecule has 1 unspecified atom stereocenters. The lowest BCUT2D eigenvalue weighted by atomic mass is 9.86. The Morgan fingerprint density at radius 1 is 0.893 bits per heavy atom.